The minimum Gasteiger partial charge on any atom is -0.378 e. The molecule has 0 N–H and O–H groups in total. The van der Waals surface area contributed by atoms with Crippen LogP contribution in [0.1, 0.15) is 0 Å². The number of sulfonamides is 1. The molecule has 0 saturated carbocycles. The van der Waals surface area contributed by atoms with Crippen molar-refractivity contribution in [1.82, 2.24) is 9.21 Å². The second kappa shape index (κ2) is 6.76. The molecule has 2 heterocycles. The molecule has 1 atom stereocenters. The highest BCUT2D eigenvalue weighted by atomic mass is 32.2. The number of halogens is 1. The molecule has 0 spiro atoms. The molecule has 23 heavy (non-hydrogen) atoms. The summed E-state index contributed by atoms with van der Waals surface area (Å²) in [6.45, 7) is 1.80. The Morgan fingerprint density at radius 2 is 1.96 bits per heavy atom. The van der Waals surface area contributed by atoms with Crippen LogP contribution in [0.2, 0.25) is 0 Å². The number of carbonyl (C=O) groups is 1. The summed E-state index contributed by atoms with van der Waals surface area (Å²) in [6.07, 6.45) is 0. The van der Waals surface area contributed by atoms with E-state index in [0.717, 1.165) is 10.4 Å². The number of morpholine rings is 1. The Hall–Kier alpha value is -1.16. The number of benzene rings is 1. The SMILES string of the molecule is O=C([C@H]1CSCN1S(=O)(=O)c1ccccc1F)N1CCOCC1. The molecule has 9 heteroatoms. The Bertz CT molecular complexity index is 692. The van der Waals surface area contributed by atoms with Gasteiger partial charge in [0.2, 0.25) is 15.9 Å². The van der Waals surface area contributed by atoms with Crippen molar-refractivity contribution in [3.63, 3.8) is 0 Å². The van der Waals surface area contributed by atoms with E-state index in [1.54, 1.807) is 4.90 Å². The maximum Gasteiger partial charge on any atom is 0.247 e. The minimum atomic E-state index is -4.04. The summed E-state index contributed by atoms with van der Waals surface area (Å²) in [7, 11) is -4.04. The van der Waals surface area contributed by atoms with Gasteiger partial charge in [-0.2, -0.15) is 4.31 Å². The number of thioether (sulfide) groups is 1. The molecular formula is C14H17FN2O4S2. The normalized spacial score (nSPS) is 23.2. The van der Waals surface area contributed by atoms with E-state index in [9.17, 15) is 17.6 Å². The first-order valence-electron chi connectivity index (χ1n) is 7.22. The van der Waals surface area contributed by atoms with Crippen molar-refractivity contribution in [2.75, 3.05) is 37.9 Å². The molecule has 6 nitrogen and oxygen atoms in total. The Morgan fingerprint density at radius 1 is 1.26 bits per heavy atom. The van der Waals surface area contributed by atoms with Crippen LogP contribution in [-0.4, -0.2) is 67.5 Å². The molecule has 3 rings (SSSR count). The number of nitrogens with zero attached hydrogens (tertiary/aromatic N) is 2. The zero-order chi connectivity index (χ0) is 16.4. The summed E-state index contributed by atoms with van der Waals surface area (Å²) in [5.41, 5.74) is 0. The highest BCUT2D eigenvalue weighted by Gasteiger charge is 2.42. The van der Waals surface area contributed by atoms with Crippen molar-refractivity contribution >= 4 is 27.7 Å². The largest absolute Gasteiger partial charge is 0.378 e. The standard InChI is InChI=1S/C14H17FN2O4S2/c15-11-3-1-2-4-13(11)23(19,20)17-10-22-9-12(17)14(18)16-5-7-21-8-6-16/h1-4,12H,5-10H2/t12-/m1/s1. The van der Waals surface area contributed by atoms with Gasteiger partial charge in [-0.1, -0.05) is 12.1 Å². The van der Waals surface area contributed by atoms with Gasteiger partial charge in [-0.05, 0) is 12.1 Å². The van der Waals surface area contributed by atoms with E-state index in [0.29, 0.717) is 32.1 Å². The van der Waals surface area contributed by atoms with E-state index >= 15 is 0 Å². The first kappa shape index (κ1) is 16.7. The molecule has 0 bridgehead atoms. The molecule has 2 saturated heterocycles. The molecule has 1 amide bonds. The lowest BCUT2D eigenvalue weighted by Crippen LogP contribution is -2.52. The summed E-state index contributed by atoms with van der Waals surface area (Å²) in [5.74, 6) is -0.512. The Kier molecular flexibility index (Phi) is 4.90. The Labute approximate surface area is 138 Å². The van der Waals surface area contributed by atoms with Crippen LogP contribution in [0.4, 0.5) is 4.39 Å². The van der Waals surface area contributed by atoms with Gasteiger partial charge in [0.25, 0.3) is 0 Å². The number of hydrogen-bond donors (Lipinski definition) is 0. The predicted octanol–water partition coefficient (Wildman–Crippen LogP) is 0.748. The van der Waals surface area contributed by atoms with Gasteiger partial charge < -0.3 is 9.64 Å². The molecule has 0 aromatic heterocycles. The molecule has 2 aliphatic rings. The van der Waals surface area contributed by atoms with Crippen LogP contribution in [0, 0.1) is 5.82 Å². The Balaban J connectivity index is 1.86. The van der Waals surface area contributed by atoms with Crippen LogP contribution in [-0.2, 0) is 19.6 Å². The fourth-order valence-electron chi connectivity index (χ4n) is 2.63. The molecule has 1 aromatic carbocycles. The molecule has 126 valence electrons. The van der Waals surface area contributed by atoms with E-state index in [1.807, 2.05) is 0 Å². The Morgan fingerprint density at radius 3 is 2.65 bits per heavy atom. The van der Waals surface area contributed by atoms with Gasteiger partial charge in [0.15, 0.2) is 0 Å². The minimum absolute atomic E-state index is 0.150. The van der Waals surface area contributed by atoms with Crippen LogP contribution in [0.5, 0.6) is 0 Å². The van der Waals surface area contributed by atoms with Gasteiger partial charge in [-0.25, -0.2) is 12.8 Å². The van der Waals surface area contributed by atoms with Gasteiger partial charge >= 0.3 is 0 Å². The smallest absolute Gasteiger partial charge is 0.247 e. The lowest BCUT2D eigenvalue weighted by Gasteiger charge is -2.31. The van der Waals surface area contributed by atoms with E-state index in [-0.39, 0.29) is 16.7 Å². The van der Waals surface area contributed by atoms with Gasteiger partial charge in [0.1, 0.15) is 16.8 Å². The predicted molar refractivity (Wildman–Crippen MR) is 83.9 cm³/mol. The van der Waals surface area contributed by atoms with E-state index in [4.69, 9.17) is 4.74 Å². The number of carbonyl (C=O) groups excluding carboxylic acids is 1. The lowest BCUT2D eigenvalue weighted by atomic mass is 10.2. The van der Waals surface area contributed by atoms with Crippen LogP contribution < -0.4 is 0 Å². The van der Waals surface area contributed by atoms with Crippen molar-refractivity contribution in [2.24, 2.45) is 0 Å². The van der Waals surface area contributed by atoms with Crippen molar-refractivity contribution < 1.29 is 22.3 Å². The lowest BCUT2D eigenvalue weighted by molar-refractivity contribution is -0.138. The number of rotatable bonds is 3. The average Bonchev–Trinajstić information content (AvgIpc) is 3.05. The third-order valence-corrected chi connectivity index (χ3v) is 6.94. The highest BCUT2D eigenvalue weighted by Crippen LogP contribution is 2.30. The molecule has 2 aliphatic heterocycles. The highest BCUT2D eigenvalue weighted by molar-refractivity contribution is 8.00. The molecule has 1 aromatic rings. The van der Waals surface area contributed by atoms with Crippen molar-refractivity contribution in [2.45, 2.75) is 10.9 Å². The maximum atomic E-state index is 13.9. The topological polar surface area (TPSA) is 66.9 Å². The maximum absolute atomic E-state index is 13.9. The second-order valence-corrected chi connectivity index (χ2v) is 8.13. The van der Waals surface area contributed by atoms with Crippen LogP contribution >= 0.6 is 11.8 Å². The molecule has 0 aliphatic carbocycles. The monoisotopic (exact) mass is 360 g/mol. The average molecular weight is 360 g/mol. The van der Waals surface area contributed by atoms with Gasteiger partial charge in [-0.15, -0.1) is 11.8 Å². The molecule has 0 unspecified atom stereocenters. The van der Waals surface area contributed by atoms with Gasteiger partial charge in [0.05, 0.1) is 19.1 Å². The van der Waals surface area contributed by atoms with Crippen LogP contribution in [0.25, 0.3) is 0 Å². The summed E-state index contributed by atoms with van der Waals surface area (Å²) in [5, 5.41) is 0. The molecular weight excluding hydrogens is 343 g/mol. The second-order valence-electron chi connectivity index (χ2n) is 5.28. The number of ether oxygens (including phenoxy) is 1. The van der Waals surface area contributed by atoms with Crippen LogP contribution in [0.15, 0.2) is 29.2 Å². The van der Waals surface area contributed by atoms with E-state index in [1.165, 1.54) is 30.0 Å². The van der Waals surface area contributed by atoms with E-state index in [2.05, 4.69) is 0 Å². The fourth-order valence-corrected chi connectivity index (χ4v) is 5.84. The summed E-state index contributed by atoms with van der Waals surface area (Å²) >= 11 is 1.36. The first-order chi connectivity index (χ1) is 11.0. The van der Waals surface area contributed by atoms with E-state index < -0.39 is 21.9 Å². The van der Waals surface area contributed by atoms with Crippen molar-refractivity contribution in [3.8, 4) is 0 Å². The summed E-state index contributed by atoms with van der Waals surface area (Å²) in [4.78, 5) is 13.9. The summed E-state index contributed by atoms with van der Waals surface area (Å²) in [6, 6.07) is 4.45. The first-order valence-corrected chi connectivity index (χ1v) is 9.82. The third-order valence-electron chi connectivity index (χ3n) is 3.87. The molecule has 2 fully saturated rings. The van der Waals surface area contributed by atoms with Crippen molar-refractivity contribution in [3.05, 3.63) is 30.1 Å². The fraction of sp³-hybridized carbons (Fsp3) is 0.500. The van der Waals surface area contributed by atoms with Gasteiger partial charge in [0, 0.05) is 18.8 Å². The summed E-state index contributed by atoms with van der Waals surface area (Å²) < 4.78 is 45.7. The van der Waals surface area contributed by atoms with Gasteiger partial charge in [-0.3, -0.25) is 4.79 Å². The quantitative estimate of drug-likeness (QED) is 0.796. The zero-order valence-electron chi connectivity index (χ0n) is 12.4. The zero-order valence-corrected chi connectivity index (χ0v) is 14.0. The van der Waals surface area contributed by atoms with Crippen LogP contribution in [0.3, 0.4) is 0 Å². The number of hydrogen-bond acceptors (Lipinski definition) is 5. The molecule has 0 radical (unpaired) electrons. The third kappa shape index (κ3) is 3.23. The number of amides is 1. The van der Waals surface area contributed by atoms with Crippen molar-refractivity contribution in [1.29, 1.82) is 0 Å².